The molecular weight excluding hydrogens is 360 g/mol. The van der Waals surface area contributed by atoms with E-state index in [1.165, 1.54) is 0 Å². The van der Waals surface area contributed by atoms with Crippen LogP contribution in [0.5, 0.6) is 5.75 Å². The van der Waals surface area contributed by atoms with Crippen molar-refractivity contribution in [1.29, 1.82) is 0 Å². The van der Waals surface area contributed by atoms with E-state index in [9.17, 15) is 4.79 Å². The van der Waals surface area contributed by atoms with Gasteiger partial charge in [0.2, 0.25) is 5.91 Å². The number of ether oxygens (including phenoxy) is 1. The first-order valence-corrected chi connectivity index (χ1v) is 10.3. The molecule has 2 aromatic carbocycles. The second-order valence-electron chi connectivity index (χ2n) is 7.90. The maximum Gasteiger partial charge on any atom is 0.222 e. The summed E-state index contributed by atoms with van der Waals surface area (Å²) in [4.78, 5) is 18.5. The normalized spacial score (nSPS) is 17.2. The van der Waals surface area contributed by atoms with Gasteiger partial charge in [-0.25, -0.2) is 0 Å². The molecule has 1 spiro atoms. The molecule has 0 unspecified atom stereocenters. The van der Waals surface area contributed by atoms with Crippen LogP contribution in [-0.2, 0) is 4.79 Å². The molecule has 0 bridgehead atoms. The third-order valence-electron chi connectivity index (χ3n) is 6.08. The Bertz CT molecular complexity index is 1110. The fourth-order valence-electron chi connectivity index (χ4n) is 4.30. The van der Waals surface area contributed by atoms with Gasteiger partial charge in [-0.05, 0) is 35.9 Å². The van der Waals surface area contributed by atoms with E-state index in [1.54, 1.807) is 0 Å². The van der Waals surface area contributed by atoms with Crippen molar-refractivity contribution in [1.82, 2.24) is 9.88 Å². The molecule has 0 radical (unpaired) electrons. The largest absolute Gasteiger partial charge is 0.482 e. The number of likely N-dealkylation sites (tertiary alicyclic amines) is 1. The second-order valence-corrected chi connectivity index (χ2v) is 7.90. The number of benzene rings is 2. The zero-order chi connectivity index (χ0) is 19.8. The zero-order valence-electron chi connectivity index (χ0n) is 16.6. The molecule has 3 heterocycles. The first-order chi connectivity index (χ1) is 14.2. The Morgan fingerprint density at radius 2 is 1.93 bits per heavy atom. The van der Waals surface area contributed by atoms with Crippen LogP contribution < -0.4 is 4.74 Å². The van der Waals surface area contributed by atoms with E-state index in [0.717, 1.165) is 59.3 Å². The minimum atomic E-state index is -0.288. The number of aromatic nitrogens is 1. The lowest BCUT2D eigenvalue weighted by Gasteiger charge is -2.42. The molecule has 29 heavy (non-hydrogen) atoms. The molecule has 146 valence electrons. The van der Waals surface area contributed by atoms with Gasteiger partial charge in [-0.2, -0.15) is 0 Å². The van der Waals surface area contributed by atoms with E-state index in [1.807, 2.05) is 36.2 Å². The Morgan fingerprint density at radius 1 is 1.10 bits per heavy atom. The number of pyridine rings is 1. The van der Waals surface area contributed by atoms with Gasteiger partial charge in [0, 0.05) is 55.1 Å². The highest BCUT2D eigenvalue weighted by atomic mass is 16.5. The number of carbonyl (C=O) groups is 1. The fourth-order valence-corrected chi connectivity index (χ4v) is 4.30. The van der Waals surface area contributed by atoms with Gasteiger partial charge < -0.3 is 9.64 Å². The average molecular weight is 384 g/mol. The third kappa shape index (κ3) is 3.29. The van der Waals surface area contributed by atoms with Crippen LogP contribution in [0.2, 0.25) is 0 Å². The van der Waals surface area contributed by atoms with Gasteiger partial charge in [0.25, 0.3) is 0 Å². The molecule has 5 rings (SSSR count). The maximum atomic E-state index is 12.0. The van der Waals surface area contributed by atoms with E-state index in [4.69, 9.17) is 4.74 Å². The van der Waals surface area contributed by atoms with Crippen molar-refractivity contribution in [2.45, 2.75) is 31.8 Å². The number of fused-ring (bicyclic) bond motifs is 2. The summed E-state index contributed by atoms with van der Waals surface area (Å²) in [7, 11) is 0. The molecule has 1 aromatic heterocycles. The standard InChI is InChI=1S/C25H24N2O2/c1-2-24(28)27-13-11-25(12-14-27)10-9-20-15-18(7-8-23(20)29-25)21-16-19-5-3-4-6-22(19)26-17-21/h3-10,15-17H,2,11-14H2,1H3. The predicted molar refractivity (Wildman–Crippen MR) is 116 cm³/mol. The fraction of sp³-hybridized carbons (Fsp3) is 0.280. The molecule has 0 N–H and O–H groups in total. The summed E-state index contributed by atoms with van der Waals surface area (Å²) in [6, 6.07) is 16.7. The van der Waals surface area contributed by atoms with Gasteiger partial charge in [-0.3, -0.25) is 9.78 Å². The summed E-state index contributed by atoms with van der Waals surface area (Å²) in [5.41, 5.74) is 4.05. The number of para-hydroxylation sites is 1. The quantitative estimate of drug-likeness (QED) is 0.619. The van der Waals surface area contributed by atoms with Crippen LogP contribution in [0.4, 0.5) is 0 Å². The van der Waals surface area contributed by atoms with Crippen molar-refractivity contribution < 1.29 is 9.53 Å². The summed E-state index contributed by atoms with van der Waals surface area (Å²) in [5.74, 6) is 1.15. The third-order valence-corrected chi connectivity index (χ3v) is 6.08. The highest BCUT2D eigenvalue weighted by Crippen LogP contribution is 2.39. The minimum Gasteiger partial charge on any atom is -0.482 e. The van der Waals surface area contributed by atoms with Crippen molar-refractivity contribution in [3.63, 3.8) is 0 Å². The SMILES string of the molecule is CCC(=O)N1CCC2(C=Cc3cc(-c4cnc5ccccc5c4)ccc3O2)CC1. The molecule has 0 aliphatic carbocycles. The van der Waals surface area contributed by atoms with Crippen molar-refractivity contribution in [2.24, 2.45) is 0 Å². The van der Waals surface area contributed by atoms with Crippen LogP contribution in [0.25, 0.3) is 28.1 Å². The molecule has 1 saturated heterocycles. The van der Waals surface area contributed by atoms with Crippen molar-refractivity contribution in [3.05, 3.63) is 66.4 Å². The van der Waals surface area contributed by atoms with Crippen molar-refractivity contribution in [2.75, 3.05) is 13.1 Å². The first-order valence-electron chi connectivity index (χ1n) is 10.3. The summed E-state index contributed by atoms with van der Waals surface area (Å²) in [6.45, 7) is 3.43. The lowest BCUT2D eigenvalue weighted by Crippen LogP contribution is -2.49. The van der Waals surface area contributed by atoms with Gasteiger partial charge in [-0.1, -0.05) is 37.3 Å². The number of nitrogens with zero attached hydrogens (tertiary/aromatic N) is 2. The number of rotatable bonds is 2. The molecule has 4 nitrogen and oxygen atoms in total. The Labute approximate surface area is 170 Å². The molecule has 3 aromatic rings. The molecule has 0 saturated carbocycles. The predicted octanol–water partition coefficient (Wildman–Crippen LogP) is 5.08. The highest BCUT2D eigenvalue weighted by molar-refractivity contribution is 5.84. The number of hydrogen-bond acceptors (Lipinski definition) is 3. The van der Waals surface area contributed by atoms with E-state index >= 15 is 0 Å². The van der Waals surface area contributed by atoms with Crippen LogP contribution in [0.1, 0.15) is 31.7 Å². The number of carbonyl (C=O) groups excluding carboxylic acids is 1. The van der Waals surface area contributed by atoms with Gasteiger partial charge >= 0.3 is 0 Å². The van der Waals surface area contributed by atoms with E-state index in [2.05, 4.69) is 47.5 Å². The molecule has 2 aliphatic rings. The van der Waals surface area contributed by atoms with Crippen LogP contribution in [0, 0.1) is 0 Å². The highest BCUT2D eigenvalue weighted by Gasteiger charge is 2.37. The number of amides is 1. The zero-order valence-corrected chi connectivity index (χ0v) is 16.6. The molecule has 1 amide bonds. The summed E-state index contributed by atoms with van der Waals surface area (Å²) in [6.07, 6.45) is 8.54. The Morgan fingerprint density at radius 3 is 2.76 bits per heavy atom. The van der Waals surface area contributed by atoms with E-state index < -0.39 is 0 Å². The average Bonchev–Trinajstić information content (AvgIpc) is 2.78. The Kier molecular flexibility index (Phi) is 4.35. The van der Waals surface area contributed by atoms with Gasteiger partial charge in [-0.15, -0.1) is 0 Å². The second kappa shape index (κ2) is 7.03. The number of piperidine rings is 1. The maximum absolute atomic E-state index is 12.0. The van der Waals surface area contributed by atoms with Crippen LogP contribution in [0.15, 0.2) is 60.8 Å². The van der Waals surface area contributed by atoms with Crippen LogP contribution in [0.3, 0.4) is 0 Å². The lowest BCUT2D eigenvalue weighted by atomic mass is 9.87. The molecule has 0 atom stereocenters. The minimum absolute atomic E-state index is 0.230. The number of hydrogen-bond donors (Lipinski definition) is 0. The van der Waals surface area contributed by atoms with Crippen molar-refractivity contribution in [3.8, 4) is 16.9 Å². The van der Waals surface area contributed by atoms with Gasteiger partial charge in [0.15, 0.2) is 0 Å². The van der Waals surface area contributed by atoms with E-state index in [-0.39, 0.29) is 11.5 Å². The molecule has 1 fully saturated rings. The van der Waals surface area contributed by atoms with Gasteiger partial charge in [0.05, 0.1) is 5.52 Å². The summed E-state index contributed by atoms with van der Waals surface area (Å²) < 4.78 is 6.44. The van der Waals surface area contributed by atoms with E-state index in [0.29, 0.717) is 6.42 Å². The Balaban J connectivity index is 1.39. The monoisotopic (exact) mass is 384 g/mol. The molecule has 2 aliphatic heterocycles. The smallest absolute Gasteiger partial charge is 0.222 e. The topological polar surface area (TPSA) is 42.4 Å². The first kappa shape index (κ1) is 17.9. The lowest BCUT2D eigenvalue weighted by molar-refractivity contribution is -0.133. The molecule has 4 heteroatoms. The summed E-state index contributed by atoms with van der Waals surface area (Å²) in [5, 5.41) is 1.14. The van der Waals surface area contributed by atoms with Gasteiger partial charge in [0.1, 0.15) is 11.4 Å². The molecular formula is C25H24N2O2. The Hall–Kier alpha value is -3.14. The van der Waals surface area contributed by atoms with Crippen molar-refractivity contribution >= 4 is 22.9 Å². The summed E-state index contributed by atoms with van der Waals surface area (Å²) >= 11 is 0. The van der Waals surface area contributed by atoms with Crippen LogP contribution >= 0.6 is 0 Å². The van der Waals surface area contributed by atoms with Crippen LogP contribution in [-0.4, -0.2) is 34.5 Å².